The lowest BCUT2D eigenvalue weighted by molar-refractivity contribution is 0.0594. The van der Waals surface area contributed by atoms with Crippen LogP contribution in [0.25, 0.3) is 10.9 Å². The minimum absolute atomic E-state index is 0.169. The Balaban J connectivity index is 2.06. The highest BCUT2D eigenvalue weighted by molar-refractivity contribution is 5.98. The van der Waals surface area contributed by atoms with Crippen molar-refractivity contribution in [2.75, 3.05) is 12.4 Å². The summed E-state index contributed by atoms with van der Waals surface area (Å²) >= 11 is 0. The fourth-order valence-electron chi connectivity index (χ4n) is 2.62. The Hall–Kier alpha value is -2.95. The minimum atomic E-state index is -0.538. The molecule has 0 bridgehead atoms. The number of carbonyl (C=O) groups is 1. The van der Waals surface area contributed by atoms with Crippen molar-refractivity contribution in [3.63, 3.8) is 0 Å². The first-order valence-electron chi connectivity index (χ1n) is 8.03. The number of hydrogen-bond acceptors (Lipinski definition) is 4. The van der Waals surface area contributed by atoms with Gasteiger partial charge in [0.1, 0.15) is 5.82 Å². The van der Waals surface area contributed by atoms with Gasteiger partial charge in [-0.2, -0.15) is 0 Å². The molecule has 4 nitrogen and oxygen atoms in total. The summed E-state index contributed by atoms with van der Waals surface area (Å²) in [6.07, 6.45) is 0. The predicted octanol–water partition coefficient (Wildman–Crippen LogP) is 5.03. The van der Waals surface area contributed by atoms with E-state index < -0.39 is 5.97 Å². The summed E-state index contributed by atoms with van der Waals surface area (Å²) in [6.45, 7) is 4.26. The standard InChI is InChI=1S/C20H19FN2O2/c1-12(2)13-4-7-15(8-5-13)22-18-11-19(20(24)25-3)23-17-9-6-14(21)10-16(17)18/h4-12H,1-3H3,(H,22,23). The molecule has 0 aliphatic carbocycles. The van der Waals surface area contributed by atoms with Gasteiger partial charge in [-0.3, -0.25) is 0 Å². The molecule has 3 rings (SSSR count). The summed E-state index contributed by atoms with van der Waals surface area (Å²) in [6, 6.07) is 13.8. The Morgan fingerprint density at radius 1 is 1.12 bits per heavy atom. The van der Waals surface area contributed by atoms with Crippen molar-refractivity contribution in [1.29, 1.82) is 0 Å². The number of carbonyl (C=O) groups excluding carboxylic acids is 1. The average Bonchev–Trinajstić information content (AvgIpc) is 2.61. The van der Waals surface area contributed by atoms with Crippen LogP contribution in [-0.4, -0.2) is 18.1 Å². The maximum atomic E-state index is 13.7. The van der Waals surface area contributed by atoms with Gasteiger partial charge in [-0.25, -0.2) is 14.2 Å². The molecule has 0 aliphatic rings. The molecule has 0 radical (unpaired) electrons. The largest absolute Gasteiger partial charge is 0.464 e. The molecule has 0 aliphatic heterocycles. The van der Waals surface area contributed by atoms with Crippen LogP contribution < -0.4 is 5.32 Å². The molecule has 0 fully saturated rings. The van der Waals surface area contributed by atoms with Crippen LogP contribution in [0.2, 0.25) is 0 Å². The van der Waals surface area contributed by atoms with E-state index >= 15 is 0 Å². The number of anilines is 2. The van der Waals surface area contributed by atoms with Crippen molar-refractivity contribution < 1.29 is 13.9 Å². The number of esters is 1. The van der Waals surface area contributed by atoms with Crippen molar-refractivity contribution >= 4 is 28.2 Å². The van der Waals surface area contributed by atoms with Gasteiger partial charge in [-0.1, -0.05) is 26.0 Å². The first-order chi connectivity index (χ1) is 12.0. The number of rotatable bonds is 4. The van der Waals surface area contributed by atoms with Crippen LogP contribution in [0.3, 0.4) is 0 Å². The Kier molecular flexibility index (Phi) is 4.65. The lowest BCUT2D eigenvalue weighted by Gasteiger charge is -2.13. The summed E-state index contributed by atoms with van der Waals surface area (Å²) in [5, 5.41) is 3.84. The third-order valence-corrected chi connectivity index (χ3v) is 4.02. The second kappa shape index (κ2) is 6.89. The number of hydrogen-bond donors (Lipinski definition) is 1. The number of methoxy groups -OCH3 is 1. The molecule has 0 atom stereocenters. The Morgan fingerprint density at radius 2 is 1.84 bits per heavy atom. The third kappa shape index (κ3) is 3.60. The van der Waals surface area contributed by atoms with E-state index in [0.717, 1.165) is 5.69 Å². The molecule has 0 spiro atoms. The normalized spacial score (nSPS) is 10.9. The zero-order valence-electron chi connectivity index (χ0n) is 14.3. The van der Waals surface area contributed by atoms with Crippen LogP contribution in [0.5, 0.6) is 0 Å². The van der Waals surface area contributed by atoms with Gasteiger partial charge in [0.25, 0.3) is 0 Å². The summed E-state index contributed by atoms with van der Waals surface area (Å²) in [4.78, 5) is 16.1. The van der Waals surface area contributed by atoms with E-state index in [1.165, 1.54) is 24.8 Å². The second-order valence-corrected chi connectivity index (χ2v) is 6.11. The topological polar surface area (TPSA) is 51.2 Å². The third-order valence-electron chi connectivity index (χ3n) is 4.02. The first-order valence-corrected chi connectivity index (χ1v) is 8.03. The number of benzene rings is 2. The molecule has 3 aromatic rings. The van der Waals surface area contributed by atoms with Crippen molar-refractivity contribution in [3.8, 4) is 0 Å². The van der Waals surface area contributed by atoms with Gasteiger partial charge in [0.2, 0.25) is 0 Å². The van der Waals surface area contributed by atoms with E-state index in [2.05, 4.69) is 24.1 Å². The number of nitrogens with one attached hydrogen (secondary N) is 1. The van der Waals surface area contributed by atoms with Gasteiger partial charge < -0.3 is 10.1 Å². The van der Waals surface area contributed by atoms with Crippen molar-refractivity contribution in [2.24, 2.45) is 0 Å². The number of nitrogens with zero attached hydrogens (tertiary/aromatic N) is 1. The monoisotopic (exact) mass is 338 g/mol. The van der Waals surface area contributed by atoms with E-state index in [-0.39, 0.29) is 11.5 Å². The molecular formula is C20H19FN2O2. The zero-order chi connectivity index (χ0) is 18.0. The highest BCUT2D eigenvalue weighted by atomic mass is 19.1. The van der Waals surface area contributed by atoms with Gasteiger partial charge in [0.15, 0.2) is 5.69 Å². The maximum Gasteiger partial charge on any atom is 0.356 e. The predicted molar refractivity (Wildman–Crippen MR) is 96.9 cm³/mol. The molecule has 1 N–H and O–H groups in total. The summed E-state index contributed by atoms with van der Waals surface area (Å²) in [5.41, 5.74) is 3.36. The van der Waals surface area contributed by atoms with Crippen LogP contribution >= 0.6 is 0 Å². The lowest BCUT2D eigenvalue weighted by Crippen LogP contribution is -2.06. The zero-order valence-corrected chi connectivity index (χ0v) is 14.3. The molecular weight excluding hydrogens is 319 g/mol. The van der Waals surface area contributed by atoms with E-state index in [0.29, 0.717) is 22.5 Å². The van der Waals surface area contributed by atoms with Crippen LogP contribution in [0.4, 0.5) is 15.8 Å². The first kappa shape index (κ1) is 16.9. The van der Waals surface area contributed by atoms with Crippen LogP contribution in [0.15, 0.2) is 48.5 Å². The highest BCUT2D eigenvalue weighted by Crippen LogP contribution is 2.28. The molecule has 25 heavy (non-hydrogen) atoms. The maximum absolute atomic E-state index is 13.7. The molecule has 0 unspecified atom stereocenters. The molecule has 0 amide bonds. The second-order valence-electron chi connectivity index (χ2n) is 6.11. The van der Waals surface area contributed by atoms with E-state index in [1.54, 1.807) is 12.1 Å². The summed E-state index contributed by atoms with van der Waals surface area (Å²) in [7, 11) is 1.30. The average molecular weight is 338 g/mol. The van der Waals surface area contributed by atoms with E-state index in [4.69, 9.17) is 4.74 Å². The number of fused-ring (bicyclic) bond motifs is 1. The fourth-order valence-corrected chi connectivity index (χ4v) is 2.62. The van der Waals surface area contributed by atoms with Crippen molar-refractivity contribution in [1.82, 2.24) is 4.98 Å². The number of aromatic nitrogens is 1. The molecule has 128 valence electrons. The SMILES string of the molecule is COC(=O)c1cc(Nc2ccc(C(C)C)cc2)c2cc(F)ccc2n1. The highest BCUT2D eigenvalue weighted by Gasteiger charge is 2.13. The van der Waals surface area contributed by atoms with Gasteiger partial charge in [0.05, 0.1) is 18.3 Å². The van der Waals surface area contributed by atoms with Crippen molar-refractivity contribution in [2.45, 2.75) is 19.8 Å². The van der Waals surface area contributed by atoms with Crippen LogP contribution in [0.1, 0.15) is 35.8 Å². The van der Waals surface area contributed by atoms with Gasteiger partial charge >= 0.3 is 5.97 Å². The summed E-state index contributed by atoms with van der Waals surface area (Å²) in [5.74, 6) is -0.460. The molecule has 2 aromatic carbocycles. The lowest BCUT2D eigenvalue weighted by atomic mass is 10.0. The van der Waals surface area contributed by atoms with E-state index in [9.17, 15) is 9.18 Å². The molecule has 5 heteroatoms. The molecule has 0 saturated carbocycles. The van der Waals surface area contributed by atoms with Gasteiger partial charge in [-0.15, -0.1) is 0 Å². The number of ether oxygens (including phenoxy) is 1. The molecule has 1 heterocycles. The Morgan fingerprint density at radius 3 is 2.48 bits per heavy atom. The fraction of sp³-hybridized carbons (Fsp3) is 0.200. The quantitative estimate of drug-likeness (QED) is 0.678. The molecule has 1 aromatic heterocycles. The Bertz CT molecular complexity index is 921. The summed E-state index contributed by atoms with van der Waals surface area (Å²) < 4.78 is 18.4. The minimum Gasteiger partial charge on any atom is -0.464 e. The van der Waals surface area contributed by atoms with Crippen LogP contribution in [-0.2, 0) is 4.74 Å². The van der Waals surface area contributed by atoms with Gasteiger partial charge in [0, 0.05) is 11.1 Å². The van der Waals surface area contributed by atoms with Crippen molar-refractivity contribution in [3.05, 3.63) is 65.6 Å². The number of pyridine rings is 1. The Labute approximate surface area is 145 Å². The van der Waals surface area contributed by atoms with E-state index in [1.807, 2.05) is 24.3 Å². The van der Waals surface area contributed by atoms with Gasteiger partial charge in [-0.05, 0) is 47.9 Å². The number of halogens is 1. The van der Waals surface area contributed by atoms with Crippen LogP contribution in [0, 0.1) is 5.82 Å². The smallest absolute Gasteiger partial charge is 0.356 e. The molecule has 0 saturated heterocycles.